The number of hydrogen-bond acceptors (Lipinski definition) is 2. The largest absolute Gasteiger partial charge is 0.351 e. The maximum atomic E-state index is 11.9. The minimum atomic E-state index is -0.216. The third-order valence-corrected chi connectivity index (χ3v) is 2.77. The second-order valence-corrected chi connectivity index (χ2v) is 4.16. The number of aromatic nitrogens is 3. The number of nitrogens with zero attached hydrogens (tertiary/aromatic N) is 3. The van der Waals surface area contributed by atoms with Gasteiger partial charge in [-0.2, -0.15) is 5.10 Å². The number of halogens is 2. The molecule has 0 aliphatic rings. The summed E-state index contributed by atoms with van der Waals surface area (Å²) in [6, 6.07) is 6.98. The van der Waals surface area contributed by atoms with Crippen molar-refractivity contribution in [2.45, 2.75) is 6.54 Å². The molecule has 0 atom stereocenters. The molecule has 6 heteroatoms. The second kappa shape index (κ2) is 5.38. The van der Waals surface area contributed by atoms with Gasteiger partial charge in [-0.15, -0.1) is 0 Å². The molecule has 0 aliphatic heterocycles. The smallest absolute Gasteiger partial charge is 0.250 e. The first-order chi connectivity index (χ1) is 8.22. The lowest BCUT2D eigenvalue weighted by molar-refractivity contribution is 0.679. The van der Waals surface area contributed by atoms with Gasteiger partial charge in [0.15, 0.2) is 0 Å². The molecule has 1 heterocycles. The zero-order valence-corrected chi connectivity index (χ0v) is 11.5. The molecule has 0 saturated heterocycles. The topological polar surface area (TPSA) is 39.8 Å². The van der Waals surface area contributed by atoms with Crippen LogP contribution in [0.4, 0.5) is 0 Å². The van der Waals surface area contributed by atoms with Crippen LogP contribution in [0.2, 0.25) is 5.02 Å². The molecular formula is C11H7ClIN3O. The van der Waals surface area contributed by atoms with Gasteiger partial charge in [-0.3, -0.25) is 0 Å². The lowest BCUT2D eigenvalue weighted by Gasteiger charge is -1.99. The summed E-state index contributed by atoms with van der Waals surface area (Å²) in [4.78, 5) is 11.9. The average Bonchev–Trinajstić information content (AvgIpc) is 2.69. The van der Waals surface area contributed by atoms with Crippen LogP contribution in [0, 0.1) is 9.85 Å². The van der Waals surface area contributed by atoms with E-state index in [9.17, 15) is 4.79 Å². The van der Waals surface area contributed by atoms with Crippen LogP contribution < -0.4 is 5.69 Å². The molecule has 0 N–H and O–H groups in total. The van der Waals surface area contributed by atoms with E-state index in [0.29, 0.717) is 11.6 Å². The van der Waals surface area contributed by atoms with Gasteiger partial charge in [-0.1, -0.05) is 17.5 Å². The Bertz CT molecular complexity index is 633. The van der Waals surface area contributed by atoms with Gasteiger partial charge in [0.1, 0.15) is 12.9 Å². The maximum absolute atomic E-state index is 11.9. The van der Waals surface area contributed by atoms with E-state index >= 15 is 0 Å². The highest BCUT2D eigenvalue weighted by Crippen LogP contribution is 2.11. The number of benzene rings is 1. The van der Waals surface area contributed by atoms with Crippen molar-refractivity contribution in [3.05, 3.63) is 46.1 Å². The summed E-state index contributed by atoms with van der Waals surface area (Å²) in [5.41, 5.74) is 0.513. The van der Waals surface area contributed by atoms with Crippen molar-refractivity contribution < 1.29 is 0 Å². The summed E-state index contributed by atoms with van der Waals surface area (Å²) in [5.74, 6) is 2.78. The van der Waals surface area contributed by atoms with Crippen molar-refractivity contribution in [1.82, 2.24) is 14.3 Å². The fraction of sp³-hybridized carbons (Fsp3) is 0.0909. The molecule has 0 fully saturated rings. The Hall–Kier alpha value is -1.26. The van der Waals surface area contributed by atoms with E-state index in [1.807, 2.05) is 22.6 Å². The molecule has 1 aromatic carbocycles. The van der Waals surface area contributed by atoms with Gasteiger partial charge in [0.2, 0.25) is 0 Å². The van der Waals surface area contributed by atoms with E-state index < -0.39 is 0 Å². The molecule has 0 spiro atoms. The summed E-state index contributed by atoms with van der Waals surface area (Å²) < 4.78 is 5.45. The zero-order chi connectivity index (χ0) is 12.3. The maximum Gasteiger partial charge on any atom is 0.351 e. The van der Waals surface area contributed by atoms with Crippen LogP contribution >= 0.6 is 34.2 Å². The minimum Gasteiger partial charge on any atom is -0.250 e. The number of hydrogen-bond donors (Lipinski definition) is 0. The van der Waals surface area contributed by atoms with Crippen molar-refractivity contribution in [1.29, 1.82) is 0 Å². The summed E-state index contributed by atoms with van der Waals surface area (Å²) in [7, 11) is 0. The van der Waals surface area contributed by atoms with Crippen LogP contribution in [0.5, 0.6) is 0 Å². The molecule has 0 bridgehead atoms. The van der Waals surface area contributed by atoms with Crippen molar-refractivity contribution >= 4 is 34.2 Å². The molecule has 17 heavy (non-hydrogen) atoms. The van der Waals surface area contributed by atoms with E-state index in [0.717, 1.165) is 5.69 Å². The second-order valence-electron chi connectivity index (χ2n) is 3.19. The molecule has 0 radical (unpaired) electrons. The van der Waals surface area contributed by atoms with Gasteiger partial charge in [-0.25, -0.2) is 14.0 Å². The van der Waals surface area contributed by atoms with Crippen LogP contribution in [0.25, 0.3) is 5.69 Å². The molecule has 86 valence electrons. The molecule has 2 rings (SSSR count). The Morgan fingerprint density at radius 1 is 1.35 bits per heavy atom. The van der Waals surface area contributed by atoms with Crippen LogP contribution in [-0.4, -0.2) is 14.3 Å². The summed E-state index contributed by atoms with van der Waals surface area (Å²) in [6.45, 7) is 0.294. The Kier molecular flexibility index (Phi) is 3.86. The average molecular weight is 360 g/mol. The zero-order valence-electron chi connectivity index (χ0n) is 8.60. The minimum absolute atomic E-state index is 0.216. The Balaban J connectivity index is 2.39. The highest BCUT2D eigenvalue weighted by Gasteiger charge is 2.05. The molecule has 0 amide bonds. The van der Waals surface area contributed by atoms with Crippen molar-refractivity contribution in [3.8, 4) is 15.5 Å². The molecule has 0 saturated carbocycles. The molecule has 0 aliphatic carbocycles. The standard InChI is InChI=1S/C11H7ClIN3O/c12-9-2-4-10(5-3-9)15-8-14-16(11(15)17)7-1-6-13/h2-5,8H,7H2. The molecule has 4 nitrogen and oxygen atoms in total. The Morgan fingerprint density at radius 2 is 2.06 bits per heavy atom. The van der Waals surface area contributed by atoms with Gasteiger partial charge < -0.3 is 0 Å². The van der Waals surface area contributed by atoms with E-state index in [1.54, 1.807) is 24.3 Å². The van der Waals surface area contributed by atoms with Gasteiger partial charge in [-0.05, 0) is 28.2 Å². The molecule has 2 aromatic rings. The fourth-order valence-corrected chi connectivity index (χ4v) is 1.63. The summed E-state index contributed by atoms with van der Waals surface area (Å²) in [6.07, 6.45) is 1.47. The van der Waals surface area contributed by atoms with E-state index in [2.05, 4.69) is 14.9 Å². The van der Waals surface area contributed by atoms with Crippen LogP contribution in [0.3, 0.4) is 0 Å². The first-order valence-electron chi connectivity index (χ1n) is 4.71. The normalized spacial score (nSPS) is 9.76. The van der Waals surface area contributed by atoms with E-state index in [4.69, 9.17) is 11.6 Å². The third-order valence-electron chi connectivity index (χ3n) is 2.13. The molecule has 0 unspecified atom stereocenters. The van der Waals surface area contributed by atoms with Gasteiger partial charge in [0.05, 0.1) is 5.69 Å². The number of rotatable bonds is 2. The third kappa shape index (κ3) is 2.70. The van der Waals surface area contributed by atoms with Crippen molar-refractivity contribution in [2.75, 3.05) is 0 Å². The molecule has 1 aromatic heterocycles. The van der Waals surface area contributed by atoms with E-state index in [-0.39, 0.29) is 5.69 Å². The predicted molar refractivity (Wildman–Crippen MR) is 74.6 cm³/mol. The van der Waals surface area contributed by atoms with E-state index in [1.165, 1.54) is 15.6 Å². The van der Waals surface area contributed by atoms with Crippen molar-refractivity contribution in [3.63, 3.8) is 0 Å². The lowest BCUT2D eigenvalue weighted by atomic mass is 10.3. The highest BCUT2D eigenvalue weighted by molar-refractivity contribution is 14.1. The Morgan fingerprint density at radius 3 is 2.71 bits per heavy atom. The highest BCUT2D eigenvalue weighted by atomic mass is 127. The monoisotopic (exact) mass is 359 g/mol. The molecular weight excluding hydrogens is 352 g/mol. The van der Waals surface area contributed by atoms with Gasteiger partial charge in [0, 0.05) is 27.6 Å². The summed E-state index contributed by atoms with van der Waals surface area (Å²) >= 11 is 7.71. The van der Waals surface area contributed by atoms with Crippen LogP contribution in [0.15, 0.2) is 35.4 Å². The first kappa shape index (κ1) is 12.2. The van der Waals surface area contributed by atoms with Gasteiger partial charge >= 0.3 is 5.69 Å². The van der Waals surface area contributed by atoms with Crippen LogP contribution in [-0.2, 0) is 6.54 Å². The predicted octanol–water partition coefficient (Wildman–Crippen LogP) is 2.08. The lowest BCUT2D eigenvalue weighted by Crippen LogP contribution is -2.23. The SMILES string of the molecule is O=c1n(-c2ccc(Cl)cc2)cnn1CC#CI. The Labute approximate surface area is 116 Å². The first-order valence-corrected chi connectivity index (χ1v) is 6.17. The fourth-order valence-electron chi connectivity index (χ4n) is 1.33. The van der Waals surface area contributed by atoms with Crippen molar-refractivity contribution in [2.24, 2.45) is 0 Å². The van der Waals surface area contributed by atoms with Crippen LogP contribution in [0.1, 0.15) is 0 Å². The summed E-state index contributed by atoms with van der Waals surface area (Å²) in [5, 5.41) is 4.61. The van der Waals surface area contributed by atoms with Gasteiger partial charge in [0.25, 0.3) is 0 Å². The quantitative estimate of drug-likeness (QED) is 0.608.